The van der Waals surface area contributed by atoms with Crippen molar-refractivity contribution in [2.24, 2.45) is 17.3 Å². The van der Waals surface area contributed by atoms with Crippen LogP contribution in [0, 0.1) is 17.3 Å². The van der Waals surface area contributed by atoms with Crippen LogP contribution in [0.3, 0.4) is 0 Å². The predicted molar refractivity (Wildman–Crippen MR) is 106 cm³/mol. The molecule has 3 nitrogen and oxygen atoms in total. The standard InChI is InChI=1S/C19H26O3.C4H10/c1-19-8-7-14-13-6-4-12(22-2)9-11(13)3-5-15(14)16(19)10-17(20)18(19)21;1-3-4-2/h4,6,9,14-18,20-21H,3,5,7-8,10H2,1-2H3;3-4H2,1-2H3/t14-,15-,16+,17-,18+,19+;/m1./s1. The number of ether oxygens (including phenoxy) is 1. The number of hydrogen-bond donors (Lipinski definition) is 2. The van der Waals surface area contributed by atoms with Crippen molar-refractivity contribution < 1.29 is 14.9 Å². The molecule has 0 aromatic heterocycles. The van der Waals surface area contributed by atoms with Gasteiger partial charge in [0.25, 0.3) is 0 Å². The second-order valence-corrected chi connectivity index (χ2v) is 8.77. The van der Waals surface area contributed by atoms with Gasteiger partial charge >= 0.3 is 0 Å². The predicted octanol–water partition coefficient (Wildman–Crippen LogP) is 4.69. The maximum Gasteiger partial charge on any atom is 0.119 e. The number of aliphatic hydroxyl groups is 2. The van der Waals surface area contributed by atoms with E-state index in [9.17, 15) is 10.2 Å². The number of fused-ring (bicyclic) bond motifs is 5. The van der Waals surface area contributed by atoms with Crippen LogP contribution in [0.1, 0.15) is 76.3 Å². The van der Waals surface area contributed by atoms with E-state index in [2.05, 4.69) is 39.0 Å². The van der Waals surface area contributed by atoms with Crippen molar-refractivity contribution in [3.63, 3.8) is 0 Å². The topological polar surface area (TPSA) is 49.7 Å². The Bertz CT molecular complexity index is 611. The fourth-order valence-electron chi connectivity index (χ4n) is 5.67. The first-order valence-corrected chi connectivity index (χ1v) is 10.5. The molecule has 0 bridgehead atoms. The monoisotopic (exact) mass is 360 g/mol. The van der Waals surface area contributed by atoms with Gasteiger partial charge in [-0.05, 0) is 78.5 Å². The molecule has 0 unspecified atom stereocenters. The number of aliphatic hydroxyl groups excluding tert-OH is 2. The molecular formula is C23H36O3. The molecule has 0 spiro atoms. The van der Waals surface area contributed by atoms with Crippen LogP contribution < -0.4 is 4.74 Å². The van der Waals surface area contributed by atoms with E-state index in [1.807, 2.05) is 0 Å². The smallest absolute Gasteiger partial charge is 0.119 e. The van der Waals surface area contributed by atoms with Gasteiger partial charge in [0, 0.05) is 0 Å². The molecule has 1 aromatic carbocycles. The maximum atomic E-state index is 10.4. The largest absolute Gasteiger partial charge is 0.497 e. The molecule has 0 heterocycles. The first kappa shape index (κ1) is 19.7. The Morgan fingerprint density at radius 2 is 1.88 bits per heavy atom. The summed E-state index contributed by atoms with van der Waals surface area (Å²) in [7, 11) is 1.72. The maximum absolute atomic E-state index is 10.4. The van der Waals surface area contributed by atoms with E-state index in [4.69, 9.17) is 4.74 Å². The van der Waals surface area contributed by atoms with Crippen molar-refractivity contribution >= 4 is 0 Å². The highest BCUT2D eigenvalue weighted by Gasteiger charge is 2.57. The molecule has 6 atom stereocenters. The van der Waals surface area contributed by atoms with E-state index >= 15 is 0 Å². The minimum atomic E-state index is -0.546. The van der Waals surface area contributed by atoms with Crippen molar-refractivity contribution in [1.82, 2.24) is 0 Å². The molecule has 0 aliphatic heterocycles. The Kier molecular flexibility index (Phi) is 5.98. The molecule has 3 heteroatoms. The zero-order valence-corrected chi connectivity index (χ0v) is 16.9. The summed E-state index contributed by atoms with van der Waals surface area (Å²) in [4.78, 5) is 0. The van der Waals surface area contributed by atoms with Crippen molar-refractivity contribution in [1.29, 1.82) is 0 Å². The van der Waals surface area contributed by atoms with E-state index in [1.54, 1.807) is 7.11 Å². The van der Waals surface area contributed by atoms with Crippen LogP contribution in [0.4, 0.5) is 0 Å². The van der Waals surface area contributed by atoms with Gasteiger partial charge in [0.05, 0.1) is 19.3 Å². The van der Waals surface area contributed by atoms with Gasteiger partial charge in [-0.1, -0.05) is 39.7 Å². The van der Waals surface area contributed by atoms with Gasteiger partial charge < -0.3 is 14.9 Å². The van der Waals surface area contributed by atoms with Crippen molar-refractivity contribution in [2.45, 2.75) is 83.8 Å². The molecular weight excluding hydrogens is 324 g/mol. The zero-order valence-electron chi connectivity index (χ0n) is 16.9. The lowest BCUT2D eigenvalue weighted by Crippen LogP contribution is -2.44. The first-order chi connectivity index (χ1) is 12.5. The Balaban J connectivity index is 0.000000447. The van der Waals surface area contributed by atoms with E-state index in [-0.39, 0.29) is 5.41 Å². The molecule has 3 aliphatic rings. The van der Waals surface area contributed by atoms with Crippen LogP contribution in [0.15, 0.2) is 18.2 Å². The molecule has 146 valence electrons. The third-order valence-corrected chi connectivity index (χ3v) is 7.41. The van der Waals surface area contributed by atoms with Crippen LogP contribution in [-0.2, 0) is 6.42 Å². The number of methoxy groups -OCH3 is 1. The quantitative estimate of drug-likeness (QED) is 0.804. The van der Waals surface area contributed by atoms with Gasteiger partial charge in [-0.3, -0.25) is 0 Å². The number of hydrogen-bond acceptors (Lipinski definition) is 3. The summed E-state index contributed by atoms with van der Waals surface area (Å²) in [5, 5.41) is 20.6. The lowest BCUT2D eigenvalue weighted by atomic mass is 9.55. The Hall–Kier alpha value is -1.06. The van der Waals surface area contributed by atoms with Crippen LogP contribution in [0.2, 0.25) is 0 Å². The molecule has 1 aromatic rings. The summed E-state index contributed by atoms with van der Waals surface area (Å²) in [6.07, 6.45) is 6.73. The normalized spacial score (nSPS) is 37.7. The molecule has 4 rings (SSSR count). The fraction of sp³-hybridized carbons (Fsp3) is 0.739. The van der Waals surface area contributed by atoms with E-state index in [0.717, 1.165) is 31.4 Å². The van der Waals surface area contributed by atoms with Crippen LogP contribution in [0.5, 0.6) is 5.75 Å². The fourth-order valence-corrected chi connectivity index (χ4v) is 5.67. The lowest BCUT2D eigenvalue weighted by molar-refractivity contribution is -0.0505. The number of benzene rings is 1. The molecule has 2 fully saturated rings. The van der Waals surface area contributed by atoms with E-state index in [1.165, 1.54) is 30.4 Å². The summed E-state index contributed by atoms with van der Waals surface area (Å²) in [5.74, 6) is 2.59. The molecule has 3 aliphatic carbocycles. The lowest BCUT2D eigenvalue weighted by Gasteiger charge is -2.49. The van der Waals surface area contributed by atoms with Crippen molar-refractivity contribution in [2.75, 3.05) is 7.11 Å². The molecule has 26 heavy (non-hydrogen) atoms. The average Bonchev–Trinajstić information content (AvgIpc) is 2.91. The average molecular weight is 361 g/mol. The van der Waals surface area contributed by atoms with Crippen molar-refractivity contribution in [3.05, 3.63) is 29.3 Å². The van der Waals surface area contributed by atoms with Crippen LogP contribution in [0.25, 0.3) is 0 Å². The third kappa shape index (κ3) is 3.29. The second kappa shape index (κ2) is 7.90. The minimum Gasteiger partial charge on any atom is -0.497 e. The zero-order chi connectivity index (χ0) is 18.9. The summed E-state index contributed by atoms with van der Waals surface area (Å²) in [6.45, 7) is 6.55. The van der Waals surface area contributed by atoms with Crippen LogP contribution in [-0.4, -0.2) is 29.5 Å². The van der Waals surface area contributed by atoms with Gasteiger partial charge in [-0.25, -0.2) is 0 Å². The highest BCUT2D eigenvalue weighted by atomic mass is 16.5. The molecule has 2 saturated carbocycles. The van der Waals surface area contributed by atoms with Gasteiger partial charge in [0.2, 0.25) is 0 Å². The number of aryl methyl sites for hydroxylation is 1. The summed E-state index contributed by atoms with van der Waals surface area (Å²) < 4.78 is 5.36. The molecule has 0 radical (unpaired) electrons. The van der Waals surface area contributed by atoms with E-state index in [0.29, 0.717) is 17.8 Å². The Morgan fingerprint density at radius 1 is 1.15 bits per heavy atom. The molecule has 0 saturated heterocycles. The summed E-state index contributed by atoms with van der Waals surface area (Å²) in [5.41, 5.74) is 2.82. The Morgan fingerprint density at radius 3 is 2.54 bits per heavy atom. The molecule has 2 N–H and O–H groups in total. The van der Waals surface area contributed by atoms with Crippen LogP contribution >= 0.6 is 0 Å². The van der Waals surface area contributed by atoms with Crippen molar-refractivity contribution in [3.8, 4) is 5.75 Å². The number of unbranched alkanes of at least 4 members (excludes halogenated alkanes) is 1. The SMILES string of the molecule is CCCC.COc1ccc2c(c1)CC[C@@H]1[C@@H]2CC[C@]2(C)[C@@H](O)[C@H](O)C[C@@H]12. The van der Waals surface area contributed by atoms with E-state index < -0.39 is 12.2 Å². The first-order valence-electron chi connectivity index (χ1n) is 10.5. The molecule has 0 amide bonds. The Labute approximate surface area is 158 Å². The highest BCUT2D eigenvalue weighted by Crippen LogP contribution is 2.60. The van der Waals surface area contributed by atoms with Gasteiger partial charge in [0.15, 0.2) is 0 Å². The van der Waals surface area contributed by atoms with Gasteiger partial charge in [0.1, 0.15) is 5.75 Å². The highest BCUT2D eigenvalue weighted by molar-refractivity contribution is 5.40. The van der Waals surface area contributed by atoms with Gasteiger partial charge in [-0.15, -0.1) is 0 Å². The summed E-state index contributed by atoms with van der Waals surface area (Å²) >= 11 is 0. The number of rotatable bonds is 2. The second-order valence-electron chi connectivity index (χ2n) is 8.77. The summed E-state index contributed by atoms with van der Waals surface area (Å²) in [6, 6.07) is 6.51. The minimum absolute atomic E-state index is 0.0927. The van der Waals surface area contributed by atoms with Gasteiger partial charge in [-0.2, -0.15) is 0 Å². The third-order valence-electron chi connectivity index (χ3n) is 7.41.